The zero-order chi connectivity index (χ0) is 20.3. The lowest BCUT2D eigenvalue weighted by Gasteiger charge is -2.22. The molecule has 1 aromatic heterocycles. The molecule has 0 spiro atoms. The molecule has 0 saturated heterocycles. The van der Waals surface area contributed by atoms with Crippen molar-refractivity contribution >= 4 is 21.8 Å². The molecule has 1 atom stereocenters. The van der Waals surface area contributed by atoms with E-state index in [1.807, 2.05) is 0 Å². The van der Waals surface area contributed by atoms with Crippen molar-refractivity contribution in [3.63, 3.8) is 0 Å². The lowest BCUT2D eigenvalue weighted by molar-refractivity contribution is -0.139. The molecule has 1 aliphatic carbocycles. The molecule has 28 heavy (non-hydrogen) atoms. The third-order valence-corrected chi connectivity index (χ3v) is 4.29. The maximum atomic E-state index is 13.1. The Hall–Kier alpha value is -2.81. The van der Waals surface area contributed by atoms with Crippen LogP contribution in [0.5, 0.6) is 11.5 Å². The Labute approximate surface area is 166 Å². The van der Waals surface area contributed by atoms with Crippen LogP contribution in [0.1, 0.15) is 22.5 Å². The van der Waals surface area contributed by atoms with Crippen LogP contribution in [0, 0.1) is 0 Å². The Morgan fingerprint density at radius 3 is 2.75 bits per heavy atom. The monoisotopic (exact) mass is 454 g/mol. The van der Waals surface area contributed by atoms with Crippen LogP contribution in [0.15, 0.2) is 64.9 Å². The molecule has 1 aliphatic rings. The van der Waals surface area contributed by atoms with Gasteiger partial charge >= 0.3 is 6.18 Å². The van der Waals surface area contributed by atoms with Crippen LogP contribution in [0.4, 0.5) is 13.2 Å². The lowest BCUT2D eigenvalue weighted by Crippen LogP contribution is -2.29. The van der Waals surface area contributed by atoms with Crippen LogP contribution < -0.4 is 10.1 Å². The Morgan fingerprint density at radius 2 is 2.00 bits per heavy atom. The minimum atomic E-state index is -4.54. The summed E-state index contributed by atoms with van der Waals surface area (Å²) in [4.78, 5) is 16.2. The second-order valence-corrected chi connectivity index (χ2v) is 6.70. The van der Waals surface area contributed by atoms with Gasteiger partial charge in [0.05, 0.1) is 5.56 Å². The molecule has 146 valence electrons. The summed E-state index contributed by atoms with van der Waals surface area (Å²) in [6.45, 7) is 0. The molecule has 1 amide bonds. The van der Waals surface area contributed by atoms with E-state index in [1.165, 1.54) is 30.3 Å². The van der Waals surface area contributed by atoms with Crippen molar-refractivity contribution in [2.45, 2.75) is 18.7 Å². The number of carbonyl (C=O) groups excluding carboxylic acids is 1. The number of nitrogens with one attached hydrogen (secondary N) is 1. The summed E-state index contributed by atoms with van der Waals surface area (Å²) in [5.41, 5.74) is -0.625. The van der Waals surface area contributed by atoms with E-state index in [-0.39, 0.29) is 23.6 Å². The normalized spacial score (nSPS) is 16.4. The molecule has 0 aliphatic heterocycles. The summed E-state index contributed by atoms with van der Waals surface area (Å²) >= 11 is 3.12. The second kappa shape index (κ2) is 8.05. The van der Waals surface area contributed by atoms with E-state index in [0.29, 0.717) is 10.3 Å². The van der Waals surface area contributed by atoms with Gasteiger partial charge in [-0.05, 0) is 52.3 Å². The molecular formula is C19H14BrF3N2O3. The first kappa shape index (κ1) is 19.9. The highest BCUT2D eigenvalue weighted by molar-refractivity contribution is 9.10. The number of carbonyl (C=O) groups is 1. The van der Waals surface area contributed by atoms with E-state index >= 15 is 0 Å². The number of halogens is 4. The summed E-state index contributed by atoms with van der Waals surface area (Å²) in [6.07, 6.45) is -0.323. The van der Waals surface area contributed by atoms with Gasteiger partial charge in [0.2, 0.25) is 0 Å². The van der Waals surface area contributed by atoms with Crippen molar-refractivity contribution in [2.75, 3.05) is 0 Å². The number of nitrogens with zero attached hydrogens (tertiary/aromatic N) is 1. The molecule has 5 nitrogen and oxygen atoms in total. The second-order valence-electron chi connectivity index (χ2n) is 5.89. The van der Waals surface area contributed by atoms with Crippen molar-refractivity contribution in [1.82, 2.24) is 10.3 Å². The molecule has 0 saturated carbocycles. The smallest absolute Gasteiger partial charge is 0.419 e. The molecular weight excluding hydrogens is 441 g/mol. The van der Waals surface area contributed by atoms with E-state index in [1.54, 1.807) is 18.2 Å². The molecule has 9 heteroatoms. The van der Waals surface area contributed by atoms with Crippen molar-refractivity contribution in [2.24, 2.45) is 0 Å². The molecule has 0 bridgehead atoms. The van der Waals surface area contributed by atoms with E-state index < -0.39 is 23.8 Å². The van der Waals surface area contributed by atoms with Crippen LogP contribution in [-0.2, 0) is 6.18 Å². The maximum Gasteiger partial charge on any atom is 0.419 e. The first-order valence-electron chi connectivity index (χ1n) is 8.11. The van der Waals surface area contributed by atoms with Gasteiger partial charge in [-0.15, -0.1) is 0 Å². The minimum absolute atomic E-state index is 0.142. The first-order chi connectivity index (χ1) is 13.2. The number of para-hydroxylation sites is 1. The van der Waals surface area contributed by atoms with Crippen LogP contribution in [0.2, 0.25) is 0 Å². The van der Waals surface area contributed by atoms with Gasteiger partial charge in [0.1, 0.15) is 22.2 Å². The van der Waals surface area contributed by atoms with Crippen molar-refractivity contribution in [3.05, 3.63) is 76.2 Å². The average molecular weight is 455 g/mol. The quantitative estimate of drug-likeness (QED) is 0.662. The van der Waals surface area contributed by atoms with Gasteiger partial charge in [-0.2, -0.15) is 13.2 Å². The van der Waals surface area contributed by atoms with Gasteiger partial charge < -0.3 is 15.2 Å². The zero-order valence-corrected chi connectivity index (χ0v) is 15.8. The standard InChI is InChI=1S/C19H14BrF3N2O3/c20-16-9-8-14(26)17(25-16)18(27)24-11-4-3-5-12(10-11)28-15-7-2-1-6-13(15)19(21,22)23/h1-9,12,26H,10H2,(H,24,27). The molecule has 0 fully saturated rings. The SMILES string of the molecule is O=C(NC1=CC=CC(Oc2ccccc2C(F)(F)F)C1)c1nc(Br)ccc1O. The predicted molar refractivity (Wildman–Crippen MR) is 98.8 cm³/mol. The molecule has 1 heterocycles. The fraction of sp³-hybridized carbons (Fsp3) is 0.158. The van der Waals surface area contributed by atoms with Gasteiger partial charge in [0.15, 0.2) is 5.69 Å². The first-order valence-corrected chi connectivity index (χ1v) is 8.90. The van der Waals surface area contributed by atoms with E-state index in [0.717, 1.165) is 6.07 Å². The summed E-state index contributed by atoms with van der Waals surface area (Å²) in [5.74, 6) is -1.22. The fourth-order valence-electron chi connectivity index (χ4n) is 2.59. The highest BCUT2D eigenvalue weighted by Crippen LogP contribution is 2.36. The number of ether oxygens (including phenoxy) is 1. The molecule has 3 rings (SSSR count). The Morgan fingerprint density at radius 1 is 1.25 bits per heavy atom. The number of aromatic hydroxyl groups is 1. The zero-order valence-electron chi connectivity index (χ0n) is 14.2. The largest absolute Gasteiger partial charge is 0.505 e. The van der Waals surface area contributed by atoms with Crippen LogP contribution in [0.25, 0.3) is 0 Å². The fourth-order valence-corrected chi connectivity index (χ4v) is 2.90. The van der Waals surface area contributed by atoms with Crippen LogP contribution >= 0.6 is 15.9 Å². The average Bonchev–Trinajstić information content (AvgIpc) is 2.63. The van der Waals surface area contributed by atoms with Crippen LogP contribution in [0.3, 0.4) is 0 Å². The number of allylic oxidation sites excluding steroid dienone is 2. The number of alkyl halides is 3. The highest BCUT2D eigenvalue weighted by atomic mass is 79.9. The van der Waals surface area contributed by atoms with Gasteiger partial charge in [-0.25, -0.2) is 4.98 Å². The molecule has 1 aromatic carbocycles. The Bertz CT molecular complexity index is 958. The number of amides is 1. The third kappa shape index (κ3) is 4.72. The Kier molecular flexibility index (Phi) is 5.73. The molecule has 2 aromatic rings. The van der Waals surface area contributed by atoms with Gasteiger partial charge in [-0.1, -0.05) is 18.2 Å². The highest BCUT2D eigenvalue weighted by Gasteiger charge is 2.34. The third-order valence-electron chi connectivity index (χ3n) is 3.84. The summed E-state index contributed by atoms with van der Waals surface area (Å²) in [5, 5.41) is 12.4. The van der Waals surface area contributed by atoms with E-state index in [2.05, 4.69) is 26.2 Å². The Balaban J connectivity index is 1.70. The number of pyridine rings is 1. The van der Waals surface area contributed by atoms with Crippen molar-refractivity contribution in [3.8, 4) is 11.5 Å². The van der Waals surface area contributed by atoms with E-state index in [9.17, 15) is 23.1 Å². The maximum absolute atomic E-state index is 13.1. The van der Waals surface area contributed by atoms with E-state index in [4.69, 9.17) is 4.74 Å². The lowest BCUT2D eigenvalue weighted by atomic mass is 10.1. The molecule has 2 N–H and O–H groups in total. The molecule has 1 unspecified atom stereocenters. The number of hydrogen-bond donors (Lipinski definition) is 2. The topological polar surface area (TPSA) is 71.5 Å². The van der Waals surface area contributed by atoms with Gasteiger partial charge in [0, 0.05) is 12.1 Å². The van der Waals surface area contributed by atoms with Crippen LogP contribution in [-0.4, -0.2) is 22.1 Å². The summed E-state index contributed by atoms with van der Waals surface area (Å²) in [7, 11) is 0. The molecule has 0 radical (unpaired) electrons. The number of hydrogen-bond acceptors (Lipinski definition) is 4. The number of rotatable bonds is 4. The minimum Gasteiger partial charge on any atom is -0.505 e. The number of aromatic nitrogens is 1. The summed E-state index contributed by atoms with van der Waals surface area (Å²) < 4.78 is 45.2. The predicted octanol–water partition coefficient (Wildman–Crippen LogP) is 4.59. The van der Waals surface area contributed by atoms with Crippen molar-refractivity contribution < 1.29 is 27.8 Å². The van der Waals surface area contributed by atoms with Crippen molar-refractivity contribution in [1.29, 1.82) is 0 Å². The van der Waals surface area contributed by atoms with Gasteiger partial charge in [0.25, 0.3) is 5.91 Å². The summed E-state index contributed by atoms with van der Waals surface area (Å²) in [6, 6.07) is 7.74. The number of benzene rings is 1. The van der Waals surface area contributed by atoms with Gasteiger partial charge in [-0.3, -0.25) is 4.79 Å².